The van der Waals surface area contributed by atoms with E-state index in [1.807, 2.05) is 0 Å². The first-order valence-corrected chi connectivity index (χ1v) is 38.7. The normalized spacial score (nSPS) is 13.3. The van der Waals surface area contributed by atoms with Gasteiger partial charge < -0.3 is 9.13 Å². The third kappa shape index (κ3) is 8.68. The Balaban J connectivity index is 0.613. The predicted molar refractivity (Wildman–Crippen MR) is 462 cm³/mol. The van der Waals surface area contributed by atoms with Gasteiger partial charge in [0.1, 0.15) is 0 Å². The molecule has 5 aromatic heterocycles. The van der Waals surface area contributed by atoms with Crippen molar-refractivity contribution in [2.75, 3.05) is 0 Å². The van der Waals surface area contributed by atoms with Crippen molar-refractivity contribution in [2.24, 2.45) is 0 Å². The summed E-state index contributed by atoms with van der Waals surface area (Å²) in [6.07, 6.45) is 0. The summed E-state index contributed by atoms with van der Waals surface area (Å²) in [5.41, 5.74) is 30.8. The molecule has 112 heavy (non-hydrogen) atoms. The number of rotatable bonds is 10. The average molecular weight is 1420 g/mol. The van der Waals surface area contributed by atoms with Gasteiger partial charge in [0.05, 0.1) is 60.5 Å². The van der Waals surface area contributed by atoms with Crippen LogP contribution in [-0.2, 0) is 10.8 Å². The molecule has 17 aromatic carbocycles. The Labute approximate surface area is 645 Å². The summed E-state index contributed by atoms with van der Waals surface area (Å²) in [7, 11) is 0. The fourth-order valence-electron chi connectivity index (χ4n) is 20.1. The lowest BCUT2D eigenvalue weighted by atomic mass is 9.67. The number of benzene rings is 17. The molecule has 0 aliphatic heterocycles. The van der Waals surface area contributed by atoms with E-state index in [4.69, 9.17) is 9.97 Å². The van der Waals surface area contributed by atoms with Crippen molar-refractivity contribution in [3.8, 4) is 67.6 Å². The maximum atomic E-state index is 5.77. The van der Waals surface area contributed by atoms with Gasteiger partial charge in [-0.25, -0.2) is 4.98 Å². The van der Waals surface area contributed by atoms with Crippen LogP contribution < -0.4 is 0 Å². The van der Waals surface area contributed by atoms with E-state index >= 15 is 0 Å². The van der Waals surface area contributed by atoms with Crippen LogP contribution in [0.3, 0.4) is 0 Å². The smallest absolute Gasteiger partial charge is 0.237 e. The zero-order chi connectivity index (χ0) is 73.3. The van der Waals surface area contributed by atoms with Crippen LogP contribution >= 0.6 is 0 Å². The minimum Gasteiger partial charge on any atom is -0.309 e. The molecule has 2 aliphatic carbocycles. The lowest BCUT2D eigenvalue weighted by Crippen LogP contribution is -2.28. The largest absolute Gasteiger partial charge is 0.309 e. The fraction of sp³-hybridized carbons (Fsp3) is 0.0189. The molecule has 0 saturated heterocycles. The summed E-state index contributed by atoms with van der Waals surface area (Å²) in [4.78, 5) is 11.3. The summed E-state index contributed by atoms with van der Waals surface area (Å²) in [5.74, 6) is 1.43. The first-order valence-electron chi connectivity index (χ1n) is 38.7. The van der Waals surface area contributed by atoms with Gasteiger partial charge in [-0.2, -0.15) is 4.98 Å². The molecule has 0 saturated carbocycles. The van der Waals surface area contributed by atoms with Crippen molar-refractivity contribution in [3.63, 3.8) is 0 Å². The number of nitrogens with zero attached hydrogens (tertiary/aromatic N) is 6. The number of hydrogen-bond acceptors (Lipinski definition) is 2. The van der Waals surface area contributed by atoms with Crippen LogP contribution in [0.5, 0.6) is 0 Å². The van der Waals surface area contributed by atoms with Crippen molar-refractivity contribution in [1.82, 2.24) is 28.2 Å². The molecule has 0 unspecified atom stereocenters. The van der Waals surface area contributed by atoms with Crippen molar-refractivity contribution < 1.29 is 0 Å². The molecule has 6 heteroatoms. The molecule has 2 aliphatic rings. The van der Waals surface area contributed by atoms with E-state index in [2.05, 4.69) is 419 Å². The zero-order valence-corrected chi connectivity index (χ0v) is 60.8. The van der Waals surface area contributed by atoms with Crippen molar-refractivity contribution in [3.05, 3.63) is 445 Å². The molecule has 0 atom stereocenters. The quantitative estimate of drug-likeness (QED) is 0.137. The van der Waals surface area contributed by atoms with Gasteiger partial charge in [-0.3, -0.25) is 9.13 Å². The maximum absolute atomic E-state index is 5.77. The lowest BCUT2D eigenvalue weighted by Gasteiger charge is -2.34. The minimum atomic E-state index is -0.519. The van der Waals surface area contributed by atoms with E-state index < -0.39 is 10.8 Å². The summed E-state index contributed by atoms with van der Waals surface area (Å²) >= 11 is 0. The van der Waals surface area contributed by atoms with E-state index in [0.29, 0.717) is 5.95 Å². The second-order valence-corrected chi connectivity index (χ2v) is 30.2. The van der Waals surface area contributed by atoms with Gasteiger partial charge in [0.15, 0.2) is 5.82 Å². The highest BCUT2D eigenvalue weighted by molar-refractivity contribution is 6.16. The molecule has 0 N–H and O–H groups in total. The fourth-order valence-corrected chi connectivity index (χ4v) is 20.1. The topological polar surface area (TPSA) is 45.5 Å². The van der Waals surface area contributed by atoms with Gasteiger partial charge in [0.2, 0.25) is 5.95 Å². The lowest BCUT2D eigenvalue weighted by molar-refractivity contribution is 0.767. The molecule has 22 aromatic rings. The third-order valence-corrected chi connectivity index (χ3v) is 24.7. The summed E-state index contributed by atoms with van der Waals surface area (Å²) in [6, 6.07) is 148. The van der Waals surface area contributed by atoms with Gasteiger partial charge in [-0.1, -0.05) is 291 Å². The van der Waals surface area contributed by atoms with Gasteiger partial charge in [-0.05, 0) is 198 Å². The van der Waals surface area contributed by atoms with Gasteiger partial charge in [0, 0.05) is 59.9 Å². The monoisotopic (exact) mass is 1420 g/mol. The number of hydrogen-bond donors (Lipinski definition) is 0. The van der Waals surface area contributed by atoms with Crippen molar-refractivity contribution >= 4 is 98.1 Å². The van der Waals surface area contributed by atoms with Crippen LogP contribution in [0.2, 0.25) is 0 Å². The summed E-state index contributed by atoms with van der Waals surface area (Å²) in [5, 5.41) is 10.3. The van der Waals surface area contributed by atoms with Crippen LogP contribution in [0.1, 0.15) is 44.5 Å². The highest BCUT2D eigenvalue weighted by atomic mass is 15.2. The van der Waals surface area contributed by atoms with Gasteiger partial charge in [0.25, 0.3) is 0 Å². The second kappa shape index (κ2) is 23.9. The Morgan fingerprint density at radius 3 is 0.884 bits per heavy atom. The highest BCUT2D eigenvalue weighted by Gasteiger charge is 2.48. The van der Waals surface area contributed by atoms with Gasteiger partial charge >= 0.3 is 0 Å². The molecule has 0 spiro atoms. The number of aromatic nitrogens is 6. The van der Waals surface area contributed by atoms with Gasteiger partial charge in [-0.15, -0.1) is 0 Å². The first kappa shape index (κ1) is 62.3. The molecule has 0 radical (unpaired) electrons. The molecule has 0 fully saturated rings. The van der Waals surface area contributed by atoms with Crippen LogP contribution in [0.25, 0.3) is 166 Å². The number of para-hydroxylation sites is 5. The molecule has 6 nitrogen and oxygen atoms in total. The molecule has 0 bridgehead atoms. The zero-order valence-electron chi connectivity index (χ0n) is 60.8. The maximum Gasteiger partial charge on any atom is 0.237 e. The van der Waals surface area contributed by atoms with Crippen molar-refractivity contribution in [1.29, 1.82) is 0 Å². The Hall–Kier alpha value is -14.7. The summed E-state index contributed by atoms with van der Waals surface area (Å²) in [6.45, 7) is 0. The molecule has 0 amide bonds. The molecule has 520 valence electrons. The summed E-state index contributed by atoms with van der Waals surface area (Å²) < 4.78 is 9.58. The Morgan fingerprint density at radius 1 is 0.188 bits per heavy atom. The predicted octanol–water partition coefficient (Wildman–Crippen LogP) is 26.1. The van der Waals surface area contributed by atoms with Crippen LogP contribution in [0.4, 0.5) is 0 Å². The van der Waals surface area contributed by atoms with Crippen LogP contribution in [-0.4, -0.2) is 28.2 Å². The van der Waals surface area contributed by atoms with Crippen molar-refractivity contribution in [2.45, 2.75) is 10.8 Å². The Kier molecular flexibility index (Phi) is 13.3. The molecular formula is C106H66N6. The van der Waals surface area contributed by atoms with E-state index in [-0.39, 0.29) is 0 Å². The van der Waals surface area contributed by atoms with E-state index in [1.165, 1.54) is 93.8 Å². The Morgan fingerprint density at radius 2 is 0.482 bits per heavy atom. The van der Waals surface area contributed by atoms with Crippen LogP contribution in [0, 0.1) is 0 Å². The SMILES string of the molecule is c1ccc(C2(c3ccccc3)c3ccccc3-c3ccc(-n4c5ccccc5c5cc(-c6ccc7c(c6)c6ccccc6n7-c6nc(-n7c8ccccc8c8cc(-c9ccc%10c(c9)c9ccccc9n%10-c9ccc%10c(c9)C(c9ccccc9)(c9ccccc9)c9ccccc9-%10)ccc87)c7ccccc7n6)ccc54)cc32)cc1. The van der Waals surface area contributed by atoms with Crippen LogP contribution in [0.15, 0.2) is 400 Å². The standard InChI is InChI=1S/C106H66N6/c1-5-27-71(28-6-1)105(72-29-7-2-8-30-72)90-42-20-13-35-77(90)79-55-53-75(65-92(79)105)109-95-45-23-16-37-81(95)86-61-67(49-57-99(86)109)69-51-59-101-88(63-69)83-39-18-25-47-97(83)111(101)103-85-41-15-22-44-94(85)107-104(108-103)112-98-48-26-19-40-84(98)89-64-70(52-60-102(89)112)68-50-58-100-87(62-68)82-38-17-24-46-96(82)110(100)76-54-56-80-78-36-14-21-43-91(78)106(93(80)66-76,73-31-9-3-10-32-73)74-33-11-4-12-34-74/h1-66H. The Bertz CT molecular complexity index is 7610. The first-order chi connectivity index (χ1) is 55.6. The minimum absolute atomic E-state index is 0.519. The molecular weight excluding hydrogens is 1360 g/mol. The number of fused-ring (bicyclic) bond motifs is 19. The van der Waals surface area contributed by atoms with E-state index in [1.54, 1.807) is 0 Å². The van der Waals surface area contributed by atoms with E-state index in [0.717, 1.165) is 111 Å². The third-order valence-electron chi connectivity index (χ3n) is 24.7. The highest BCUT2D eigenvalue weighted by Crippen LogP contribution is 2.59. The molecule has 5 heterocycles. The van der Waals surface area contributed by atoms with E-state index in [9.17, 15) is 0 Å². The average Bonchev–Trinajstić information content (AvgIpc) is 1.54. The second-order valence-electron chi connectivity index (χ2n) is 30.2. The molecule has 24 rings (SSSR count).